The molecule has 2 saturated heterocycles. The summed E-state index contributed by atoms with van der Waals surface area (Å²) in [6.45, 7) is 4.17. The summed E-state index contributed by atoms with van der Waals surface area (Å²) < 4.78 is 42.7. The van der Waals surface area contributed by atoms with E-state index in [1.165, 1.54) is 0 Å². The maximum Gasteiger partial charge on any atom is 0.303 e. The summed E-state index contributed by atoms with van der Waals surface area (Å²) in [4.78, 5) is 58.3. The van der Waals surface area contributed by atoms with Crippen LogP contribution in [0.1, 0.15) is 34.6 Å². The maximum atomic E-state index is 11.9. The Hall–Kier alpha value is -2.89. The van der Waals surface area contributed by atoms with E-state index in [0.717, 1.165) is 34.6 Å². The average molecular weight is 567 g/mol. The van der Waals surface area contributed by atoms with Crippen molar-refractivity contribution in [1.82, 2.24) is 0 Å². The molecular formula is C23H34O16. The lowest BCUT2D eigenvalue weighted by Crippen LogP contribution is -2.64. The second-order valence-corrected chi connectivity index (χ2v) is 8.94. The second kappa shape index (κ2) is 14.5. The number of carbonyl (C=O) groups excluding carboxylic acids is 5. The zero-order valence-corrected chi connectivity index (χ0v) is 22.0. The number of hydrogen-bond acceptors (Lipinski definition) is 16. The van der Waals surface area contributed by atoms with Crippen molar-refractivity contribution in [1.29, 1.82) is 0 Å². The van der Waals surface area contributed by atoms with Gasteiger partial charge in [0.05, 0.1) is 19.3 Å². The molecule has 39 heavy (non-hydrogen) atoms. The molecule has 2 heterocycles. The number of rotatable bonds is 9. The van der Waals surface area contributed by atoms with E-state index in [1.807, 2.05) is 0 Å². The molecule has 3 N–H and O–H groups in total. The number of hydrogen-bond donors (Lipinski definition) is 3. The van der Waals surface area contributed by atoms with Gasteiger partial charge in [-0.2, -0.15) is 0 Å². The maximum absolute atomic E-state index is 11.9. The zero-order chi connectivity index (χ0) is 29.4. The number of aliphatic hydroxyl groups is 3. The van der Waals surface area contributed by atoms with Gasteiger partial charge < -0.3 is 53.2 Å². The summed E-state index contributed by atoms with van der Waals surface area (Å²) in [6, 6.07) is 0. The third-order valence-electron chi connectivity index (χ3n) is 5.65. The summed E-state index contributed by atoms with van der Waals surface area (Å²) in [6.07, 6.45) is -14.7. The van der Waals surface area contributed by atoms with Gasteiger partial charge in [-0.05, 0) is 0 Å². The van der Waals surface area contributed by atoms with Crippen LogP contribution in [-0.2, 0) is 61.9 Å². The molecule has 0 radical (unpaired) electrons. The van der Waals surface area contributed by atoms with Gasteiger partial charge in [-0.3, -0.25) is 24.0 Å². The molecule has 0 amide bonds. The minimum absolute atomic E-state index is 0.341. The highest BCUT2D eigenvalue weighted by atomic mass is 16.8. The smallest absolute Gasteiger partial charge is 0.303 e. The van der Waals surface area contributed by atoms with Crippen molar-refractivity contribution in [3.8, 4) is 0 Å². The molecule has 10 unspecified atom stereocenters. The van der Waals surface area contributed by atoms with Gasteiger partial charge in [0.25, 0.3) is 0 Å². The molecule has 0 bridgehead atoms. The van der Waals surface area contributed by atoms with E-state index in [1.54, 1.807) is 0 Å². The molecule has 222 valence electrons. The normalized spacial score (nSPS) is 34.7. The third-order valence-corrected chi connectivity index (χ3v) is 5.65. The second-order valence-electron chi connectivity index (χ2n) is 8.94. The third kappa shape index (κ3) is 9.36. The topological polar surface area (TPSA) is 220 Å². The number of ether oxygens (including phenoxy) is 8. The van der Waals surface area contributed by atoms with Crippen molar-refractivity contribution in [3.63, 3.8) is 0 Å². The summed E-state index contributed by atoms with van der Waals surface area (Å²) >= 11 is 0. The van der Waals surface area contributed by atoms with Crippen LogP contribution in [0.15, 0.2) is 0 Å². The lowest BCUT2D eigenvalue weighted by atomic mass is 9.97. The first kappa shape index (κ1) is 32.3. The molecule has 0 aliphatic carbocycles. The standard InChI is InChI=1S/C23H34O16/c1-9(24)32-6-14-7-34-22(18(31)17(30)16(14)29)39-23-21(37-13(5)28)20(36-12(4)27)19(35-11(3)26)15(38-23)8-33-10(2)25/h14-23,29-31H,6-8H2,1-5H3. The van der Waals surface area contributed by atoms with Crippen LogP contribution in [0.5, 0.6) is 0 Å². The van der Waals surface area contributed by atoms with Gasteiger partial charge in [-0.15, -0.1) is 0 Å². The molecule has 2 aliphatic rings. The monoisotopic (exact) mass is 566 g/mol. The fourth-order valence-corrected chi connectivity index (χ4v) is 3.98. The Morgan fingerprint density at radius 2 is 1.15 bits per heavy atom. The van der Waals surface area contributed by atoms with Crippen LogP contribution >= 0.6 is 0 Å². The Bertz CT molecular complexity index is 891. The molecule has 16 nitrogen and oxygen atoms in total. The Labute approximate surface area is 223 Å². The predicted molar refractivity (Wildman–Crippen MR) is 121 cm³/mol. The highest BCUT2D eigenvalue weighted by Crippen LogP contribution is 2.32. The number of esters is 5. The molecule has 0 aromatic rings. The molecule has 0 aromatic heterocycles. The lowest BCUT2D eigenvalue weighted by molar-refractivity contribution is -0.351. The van der Waals surface area contributed by atoms with Gasteiger partial charge in [-0.1, -0.05) is 0 Å². The SMILES string of the molecule is CC(=O)OCC1COC(OC2OC(COC(C)=O)C(OC(C)=O)C(OC(C)=O)C2OC(C)=O)C(O)C(O)C1O. The first-order valence-electron chi connectivity index (χ1n) is 12.0. The molecule has 2 aliphatic heterocycles. The fraction of sp³-hybridized carbons (Fsp3) is 0.783. The van der Waals surface area contributed by atoms with Crippen molar-refractivity contribution in [2.45, 2.75) is 89.9 Å². The quantitative estimate of drug-likeness (QED) is 0.197. The molecule has 16 heteroatoms. The minimum atomic E-state index is -1.89. The van der Waals surface area contributed by atoms with E-state index in [-0.39, 0.29) is 13.2 Å². The van der Waals surface area contributed by atoms with Crippen molar-refractivity contribution >= 4 is 29.8 Å². The van der Waals surface area contributed by atoms with E-state index in [0.29, 0.717) is 0 Å². The van der Waals surface area contributed by atoms with Gasteiger partial charge in [-0.25, -0.2) is 0 Å². The van der Waals surface area contributed by atoms with Crippen LogP contribution in [0.2, 0.25) is 0 Å². The zero-order valence-electron chi connectivity index (χ0n) is 22.0. The lowest BCUT2D eigenvalue weighted by Gasteiger charge is -2.45. The van der Waals surface area contributed by atoms with Gasteiger partial charge in [0.15, 0.2) is 24.6 Å². The molecule has 2 rings (SSSR count). The van der Waals surface area contributed by atoms with Gasteiger partial charge >= 0.3 is 29.8 Å². The van der Waals surface area contributed by atoms with E-state index < -0.39 is 97.7 Å². The highest BCUT2D eigenvalue weighted by molar-refractivity contribution is 5.68. The Morgan fingerprint density at radius 3 is 1.69 bits per heavy atom. The Morgan fingerprint density at radius 1 is 0.641 bits per heavy atom. The Kier molecular flexibility index (Phi) is 12.0. The summed E-state index contributed by atoms with van der Waals surface area (Å²) in [5.74, 6) is -4.89. The van der Waals surface area contributed by atoms with Crippen LogP contribution in [-0.4, -0.2) is 120 Å². The molecule has 0 saturated carbocycles. The van der Waals surface area contributed by atoms with Crippen LogP contribution in [0.25, 0.3) is 0 Å². The van der Waals surface area contributed by atoms with Crippen LogP contribution in [0, 0.1) is 5.92 Å². The van der Waals surface area contributed by atoms with E-state index in [9.17, 15) is 39.3 Å². The largest absolute Gasteiger partial charge is 0.465 e. The summed E-state index contributed by atoms with van der Waals surface area (Å²) in [5, 5.41) is 31.5. The van der Waals surface area contributed by atoms with Crippen molar-refractivity contribution < 1.29 is 77.2 Å². The summed E-state index contributed by atoms with van der Waals surface area (Å²) in [5.41, 5.74) is 0. The summed E-state index contributed by atoms with van der Waals surface area (Å²) in [7, 11) is 0. The van der Waals surface area contributed by atoms with Gasteiger partial charge in [0, 0.05) is 40.5 Å². The van der Waals surface area contributed by atoms with Crippen molar-refractivity contribution in [3.05, 3.63) is 0 Å². The first-order chi connectivity index (χ1) is 18.2. The minimum Gasteiger partial charge on any atom is -0.465 e. The highest BCUT2D eigenvalue weighted by Gasteiger charge is 2.54. The van der Waals surface area contributed by atoms with Crippen LogP contribution in [0.4, 0.5) is 0 Å². The molecule has 0 aromatic carbocycles. The number of aliphatic hydroxyl groups excluding tert-OH is 3. The first-order valence-corrected chi connectivity index (χ1v) is 12.0. The van der Waals surface area contributed by atoms with Crippen LogP contribution in [0.3, 0.4) is 0 Å². The molecule has 10 atom stereocenters. The van der Waals surface area contributed by atoms with E-state index in [4.69, 9.17) is 37.9 Å². The van der Waals surface area contributed by atoms with Crippen LogP contribution < -0.4 is 0 Å². The number of carbonyl (C=O) groups is 5. The van der Waals surface area contributed by atoms with E-state index in [2.05, 4.69) is 0 Å². The average Bonchev–Trinajstić information content (AvgIpc) is 2.91. The van der Waals surface area contributed by atoms with Crippen molar-refractivity contribution in [2.24, 2.45) is 5.92 Å². The van der Waals surface area contributed by atoms with Gasteiger partial charge in [0.1, 0.15) is 24.9 Å². The molecular weight excluding hydrogens is 532 g/mol. The molecule has 0 spiro atoms. The van der Waals surface area contributed by atoms with E-state index >= 15 is 0 Å². The predicted octanol–water partition coefficient (Wildman–Crippen LogP) is -2.30. The van der Waals surface area contributed by atoms with Crippen molar-refractivity contribution in [2.75, 3.05) is 19.8 Å². The fourth-order valence-electron chi connectivity index (χ4n) is 3.98. The van der Waals surface area contributed by atoms with Gasteiger partial charge in [0.2, 0.25) is 6.29 Å². The molecule has 2 fully saturated rings. The Balaban J connectivity index is 2.40.